The lowest BCUT2D eigenvalue weighted by Crippen LogP contribution is -2.01. The van der Waals surface area contributed by atoms with Gasteiger partial charge in [-0.25, -0.2) is 8.78 Å². The molecule has 0 aliphatic heterocycles. The van der Waals surface area contributed by atoms with Gasteiger partial charge in [0, 0.05) is 18.0 Å². The number of carbonyl (C=O) groups is 1. The third-order valence-electron chi connectivity index (χ3n) is 4.36. The third-order valence-corrected chi connectivity index (χ3v) is 4.36. The molecule has 2 atom stereocenters. The van der Waals surface area contributed by atoms with Crippen LogP contribution in [0, 0.1) is 24.5 Å². The Hall–Kier alpha value is -2.30. The lowest BCUT2D eigenvalue weighted by molar-refractivity contribution is -0.138. The van der Waals surface area contributed by atoms with Crippen molar-refractivity contribution in [2.24, 2.45) is 5.92 Å². The first-order valence-electron chi connectivity index (χ1n) is 7.58. The van der Waals surface area contributed by atoms with Crippen LogP contribution in [-0.4, -0.2) is 16.1 Å². The van der Waals surface area contributed by atoms with Gasteiger partial charge in [-0.15, -0.1) is 0 Å². The average molecular weight is 317 g/mol. The minimum atomic E-state index is -0.763. The number of hydrogen-bond acceptors (Lipinski definition) is 2. The molecule has 0 amide bonds. The van der Waals surface area contributed by atoms with Crippen molar-refractivity contribution in [2.45, 2.75) is 32.1 Å². The van der Waals surface area contributed by atoms with Crippen molar-refractivity contribution in [3.63, 3.8) is 0 Å². The van der Waals surface area contributed by atoms with Crippen molar-refractivity contribution in [2.75, 3.05) is 0 Å². The van der Waals surface area contributed by atoms with Crippen molar-refractivity contribution in [1.82, 2.24) is 4.98 Å². The standard InChI is InChI=1S/C18H17F2NO2/c1-10-6-11(17(20)8-16(10)19)2-4-13-5-3-12(9-21-13)14-7-15(14)18(22)23/h3,5-6,8-9,14-15H,2,4,7H2,1H3,(H,22,23)/t14-,15+/m1/s1. The van der Waals surface area contributed by atoms with Crippen molar-refractivity contribution in [1.29, 1.82) is 0 Å². The highest BCUT2D eigenvalue weighted by Crippen LogP contribution is 2.47. The van der Waals surface area contributed by atoms with Crippen LogP contribution >= 0.6 is 0 Å². The quantitative estimate of drug-likeness (QED) is 0.916. The highest BCUT2D eigenvalue weighted by molar-refractivity contribution is 5.75. The first-order valence-corrected chi connectivity index (χ1v) is 7.58. The van der Waals surface area contributed by atoms with Crippen LogP contribution in [0.1, 0.15) is 34.7 Å². The van der Waals surface area contributed by atoms with Crippen molar-refractivity contribution >= 4 is 5.97 Å². The molecule has 1 aliphatic carbocycles. The molecule has 3 rings (SSSR count). The predicted molar refractivity (Wildman–Crippen MR) is 81.2 cm³/mol. The third kappa shape index (κ3) is 3.38. The van der Waals surface area contributed by atoms with E-state index in [2.05, 4.69) is 4.98 Å². The highest BCUT2D eigenvalue weighted by atomic mass is 19.1. The first kappa shape index (κ1) is 15.6. The van der Waals surface area contributed by atoms with Gasteiger partial charge in [0.15, 0.2) is 0 Å². The molecule has 1 fully saturated rings. The Balaban J connectivity index is 1.63. The second-order valence-corrected chi connectivity index (χ2v) is 6.06. The Morgan fingerprint density at radius 3 is 2.65 bits per heavy atom. The SMILES string of the molecule is Cc1cc(CCc2ccc([C@H]3C[C@@H]3C(=O)O)cn2)c(F)cc1F. The van der Waals surface area contributed by atoms with Gasteiger partial charge in [-0.2, -0.15) is 0 Å². The molecule has 3 nitrogen and oxygen atoms in total. The number of pyridine rings is 1. The largest absolute Gasteiger partial charge is 0.481 e. The molecule has 1 heterocycles. The van der Waals surface area contributed by atoms with Gasteiger partial charge in [-0.3, -0.25) is 9.78 Å². The number of aliphatic carboxylic acids is 1. The highest BCUT2D eigenvalue weighted by Gasteiger charge is 2.44. The molecule has 1 saturated carbocycles. The molecular formula is C18H17F2NO2. The number of carboxylic acids is 1. The van der Waals surface area contributed by atoms with Crippen molar-refractivity contribution in [3.8, 4) is 0 Å². The maximum absolute atomic E-state index is 13.7. The van der Waals surface area contributed by atoms with Gasteiger partial charge in [0.2, 0.25) is 0 Å². The van der Waals surface area contributed by atoms with Gasteiger partial charge in [0.25, 0.3) is 0 Å². The lowest BCUT2D eigenvalue weighted by Gasteiger charge is -2.06. The predicted octanol–water partition coefficient (Wildman–Crippen LogP) is 3.64. The summed E-state index contributed by atoms with van der Waals surface area (Å²) in [6, 6.07) is 6.18. The summed E-state index contributed by atoms with van der Waals surface area (Å²) in [4.78, 5) is 15.2. The second-order valence-electron chi connectivity index (χ2n) is 6.06. The van der Waals surface area contributed by atoms with E-state index in [1.54, 1.807) is 13.1 Å². The molecule has 5 heteroatoms. The normalized spacial score (nSPS) is 19.6. The zero-order valence-corrected chi connectivity index (χ0v) is 12.7. The first-order chi connectivity index (χ1) is 11.0. The van der Waals surface area contributed by atoms with E-state index in [4.69, 9.17) is 5.11 Å². The Bertz CT molecular complexity index is 743. The Morgan fingerprint density at radius 2 is 2.04 bits per heavy atom. The van der Waals surface area contributed by atoms with Gasteiger partial charge < -0.3 is 5.11 Å². The fourth-order valence-electron chi connectivity index (χ4n) is 2.81. The zero-order chi connectivity index (χ0) is 16.6. The average Bonchev–Trinajstić information content (AvgIpc) is 3.31. The number of hydrogen-bond donors (Lipinski definition) is 1. The molecule has 0 unspecified atom stereocenters. The van der Waals surface area contributed by atoms with Gasteiger partial charge in [0.05, 0.1) is 5.92 Å². The van der Waals surface area contributed by atoms with E-state index < -0.39 is 17.6 Å². The summed E-state index contributed by atoms with van der Waals surface area (Å²) in [6.45, 7) is 1.61. The van der Waals surface area contributed by atoms with E-state index in [1.165, 1.54) is 6.07 Å². The molecule has 120 valence electrons. The van der Waals surface area contributed by atoms with Crippen LogP contribution < -0.4 is 0 Å². The molecule has 1 aromatic carbocycles. The second kappa shape index (κ2) is 6.07. The molecule has 1 aliphatic rings. The van der Waals surface area contributed by atoms with Crippen LogP contribution in [0.15, 0.2) is 30.5 Å². The number of aryl methyl sites for hydroxylation is 3. The maximum Gasteiger partial charge on any atom is 0.307 e. The zero-order valence-electron chi connectivity index (χ0n) is 12.7. The minimum absolute atomic E-state index is 0.0613. The van der Waals surface area contributed by atoms with Crippen LogP contribution in [0.5, 0.6) is 0 Å². The van der Waals surface area contributed by atoms with E-state index in [-0.39, 0.29) is 11.8 Å². The van der Waals surface area contributed by atoms with E-state index in [0.717, 1.165) is 17.3 Å². The smallest absolute Gasteiger partial charge is 0.307 e. The van der Waals surface area contributed by atoms with Crippen molar-refractivity contribution < 1.29 is 18.7 Å². The van der Waals surface area contributed by atoms with Gasteiger partial charge in [-0.1, -0.05) is 12.1 Å². The molecule has 0 spiro atoms. The van der Waals surface area contributed by atoms with Crippen LogP contribution in [0.25, 0.3) is 0 Å². The summed E-state index contributed by atoms with van der Waals surface area (Å²) in [7, 11) is 0. The number of rotatable bonds is 5. The molecule has 1 aromatic heterocycles. The van der Waals surface area contributed by atoms with Crippen LogP contribution in [0.3, 0.4) is 0 Å². The summed E-state index contributed by atoms with van der Waals surface area (Å²) >= 11 is 0. The van der Waals surface area contributed by atoms with Crippen molar-refractivity contribution in [3.05, 3.63) is 64.5 Å². The lowest BCUT2D eigenvalue weighted by atomic mass is 10.0. The number of carboxylic acid groups (broad SMARTS) is 1. The van der Waals surface area contributed by atoms with Crippen LogP contribution in [0.4, 0.5) is 8.78 Å². The summed E-state index contributed by atoms with van der Waals surface area (Å²) in [5.74, 6) is -2.07. The van der Waals surface area contributed by atoms with E-state index >= 15 is 0 Å². The maximum atomic E-state index is 13.7. The van der Waals surface area contributed by atoms with E-state index in [0.29, 0.717) is 30.4 Å². The molecule has 2 aromatic rings. The fourth-order valence-corrected chi connectivity index (χ4v) is 2.81. The minimum Gasteiger partial charge on any atom is -0.481 e. The van der Waals surface area contributed by atoms with Crippen LogP contribution in [0.2, 0.25) is 0 Å². The van der Waals surface area contributed by atoms with E-state index in [1.807, 2.05) is 12.1 Å². The Labute approximate surface area is 133 Å². The number of aromatic nitrogens is 1. The molecule has 23 heavy (non-hydrogen) atoms. The van der Waals surface area contributed by atoms with Gasteiger partial charge in [-0.05, 0) is 54.9 Å². The molecule has 0 radical (unpaired) electrons. The Morgan fingerprint density at radius 1 is 1.26 bits per heavy atom. The van der Waals surface area contributed by atoms with Crippen LogP contribution in [-0.2, 0) is 17.6 Å². The molecule has 1 N–H and O–H groups in total. The number of halogens is 2. The summed E-state index contributed by atoms with van der Waals surface area (Å²) < 4.78 is 27.0. The Kier molecular flexibility index (Phi) is 4.11. The number of nitrogens with zero attached hydrogens (tertiary/aromatic N) is 1. The monoisotopic (exact) mass is 317 g/mol. The topological polar surface area (TPSA) is 50.2 Å². The summed E-state index contributed by atoms with van der Waals surface area (Å²) in [5, 5.41) is 8.94. The number of benzene rings is 1. The van der Waals surface area contributed by atoms with Gasteiger partial charge in [0.1, 0.15) is 11.6 Å². The fraction of sp³-hybridized carbons (Fsp3) is 0.333. The summed E-state index contributed by atoms with van der Waals surface area (Å²) in [6.07, 6.45) is 3.36. The molecular weight excluding hydrogens is 300 g/mol. The molecule has 0 bridgehead atoms. The summed E-state index contributed by atoms with van der Waals surface area (Å²) in [5.41, 5.74) is 2.65. The molecule has 0 saturated heterocycles. The van der Waals surface area contributed by atoms with E-state index in [9.17, 15) is 13.6 Å². The van der Waals surface area contributed by atoms with Gasteiger partial charge >= 0.3 is 5.97 Å².